The van der Waals surface area contributed by atoms with Crippen molar-refractivity contribution in [2.24, 2.45) is 5.92 Å². The van der Waals surface area contributed by atoms with Crippen LogP contribution in [0, 0.1) is 5.92 Å². The standard InChI is InChI=1S/C17H22N2O4/c1-12(2)15(11-20)18-16(21)13-3-5-14(6-4-13)17(22)19-7-9-23-10-8-19/h3-6,11-12,15H,7-10H2,1-2H3,(H,18,21)/t15-/m1/s1. The molecule has 23 heavy (non-hydrogen) atoms. The summed E-state index contributed by atoms with van der Waals surface area (Å²) in [6.07, 6.45) is 0.735. The molecule has 1 atom stereocenters. The van der Waals surface area contributed by atoms with E-state index in [4.69, 9.17) is 4.74 Å². The highest BCUT2D eigenvalue weighted by molar-refractivity contribution is 5.98. The summed E-state index contributed by atoms with van der Waals surface area (Å²) in [6, 6.07) is 5.96. The Balaban J connectivity index is 2.02. The van der Waals surface area contributed by atoms with Gasteiger partial charge in [0, 0.05) is 24.2 Å². The van der Waals surface area contributed by atoms with Crippen molar-refractivity contribution in [3.63, 3.8) is 0 Å². The summed E-state index contributed by atoms with van der Waals surface area (Å²) in [7, 11) is 0. The number of rotatable bonds is 5. The molecule has 0 bridgehead atoms. The molecule has 1 aromatic carbocycles. The minimum Gasteiger partial charge on any atom is -0.378 e. The number of hydrogen-bond acceptors (Lipinski definition) is 4. The third-order valence-corrected chi connectivity index (χ3v) is 3.85. The zero-order chi connectivity index (χ0) is 16.8. The van der Waals surface area contributed by atoms with Crippen LogP contribution in [-0.2, 0) is 9.53 Å². The van der Waals surface area contributed by atoms with E-state index >= 15 is 0 Å². The van der Waals surface area contributed by atoms with E-state index in [1.807, 2.05) is 13.8 Å². The molecule has 1 aliphatic heterocycles. The second-order valence-corrected chi connectivity index (χ2v) is 5.86. The van der Waals surface area contributed by atoms with Crippen molar-refractivity contribution in [3.05, 3.63) is 35.4 Å². The van der Waals surface area contributed by atoms with Crippen LogP contribution in [0.15, 0.2) is 24.3 Å². The summed E-state index contributed by atoms with van der Waals surface area (Å²) >= 11 is 0. The van der Waals surface area contributed by atoms with E-state index in [2.05, 4.69) is 5.32 Å². The number of aldehydes is 1. The number of nitrogens with one attached hydrogen (secondary N) is 1. The van der Waals surface area contributed by atoms with Crippen LogP contribution in [-0.4, -0.2) is 55.3 Å². The van der Waals surface area contributed by atoms with Crippen molar-refractivity contribution in [1.82, 2.24) is 10.2 Å². The predicted octanol–water partition coefficient (Wildman–Crippen LogP) is 1.11. The van der Waals surface area contributed by atoms with Crippen LogP contribution in [0.2, 0.25) is 0 Å². The number of nitrogens with zero attached hydrogens (tertiary/aromatic N) is 1. The van der Waals surface area contributed by atoms with Crippen LogP contribution >= 0.6 is 0 Å². The summed E-state index contributed by atoms with van der Waals surface area (Å²) < 4.78 is 5.23. The van der Waals surface area contributed by atoms with Crippen LogP contribution in [0.25, 0.3) is 0 Å². The maximum atomic E-state index is 12.3. The van der Waals surface area contributed by atoms with Crippen molar-refractivity contribution in [1.29, 1.82) is 0 Å². The number of amides is 2. The second kappa shape index (κ2) is 7.87. The van der Waals surface area contributed by atoms with Gasteiger partial charge in [-0.2, -0.15) is 0 Å². The Morgan fingerprint density at radius 3 is 2.22 bits per heavy atom. The van der Waals surface area contributed by atoms with E-state index in [1.54, 1.807) is 29.2 Å². The molecule has 1 aromatic rings. The lowest BCUT2D eigenvalue weighted by Crippen LogP contribution is -2.41. The predicted molar refractivity (Wildman–Crippen MR) is 85.3 cm³/mol. The minimum atomic E-state index is -0.517. The maximum absolute atomic E-state index is 12.3. The Kier molecular flexibility index (Phi) is 5.87. The third-order valence-electron chi connectivity index (χ3n) is 3.85. The van der Waals surface area contributed by atoms with Gasteiger partial charge in [-0.15, -0.1) is 0 Å². The first-order valence-corrected chi connectivity index (χ1v) is 7.76. The van der Waals surface area contributed by atoms with Crippen LogP contribution in [0.5, 0.6) is 0 Å². The lowest BCUT2D eigenvalue weighted by atomic mass is 10.0. The van der Waals surface area contributed by atoms with Crippen molar-refractivity contribution in [2.75, 3.05) is 26.3 Å². The summed E-state index contributed by atoms with van der Waals surface area (Å²) in [5.41, 5.74) is 0.968. The Morgan fingerprint density at radius 2 is 1.70 bits per heavy atom. The summed E-state index contributed by atoms with van der Waals surface area (Å²) in [4.78, 5) is 37.1. The van der Waals surface area contributed by atoms with Crippen molar-refractivity contribution >= 4 is 18.1 Å². The molecule has 0 unspecified atom stereocenters. The lowest BCUT2D eigenvalue weighted by Gasteiger charge is -2.26. The molecule has 0 radical (unpaired) electrons. The largest absolute Gasteiger partial charge is 0.378 e. The molecule has 124 valence electrons. The van der Waals surface area contributed by atoms with E-state index in [0.29, 0.717) is 37.4 Å². The molecule has 2 rings (SSSR count). The molecule has 0 aliphatic carbocycles. The van der Waals surface area contributed by atoms with Crippen LogP contribution in [0.3, 0.4) is 0 Å². The fourth-order valence-corrected chi connectivity index (χ4v) is 2.31. The van der Waals surface area contributed by atoms with Crippen LogP contribution in [0.1, 0.15) is 34.6 Å². The van der Waals surface area contributed by atoms with Crippen molar-refractivity contribution < 1.29 is 19.1 Å². The summed E-state index contributed by atoms with van der Waals surface area (Å²) in [6.45, 7) is 5.99. The van der Waals surface area contributed by atoms with Gasteiger partial charge in [0.15, 0.2) is 0 Å². The molecular weight excluding hydrogens is 296 g/mol. The van der Waals surface area contributed by atoms with Crippen molar-refractivity contribution in [3.8, 4) is 0 Å². The number of ether oxygens (including phenoxy) is 1. The molecule has 1 fully saturated rings. The van der Waals surface area contributed by atoms with Gasteiger partial charge >= 0.3 is 0 Å². The average molecular weight is 318 g/mol. The van der Waals surface area contributed by atoms with E-state index < -0.39 is 6.04 Å². The number of carbonyl (C=O) groups excluding carboxylic acids is 3. The lowest BCUT2D eigenvalue weighted by molar-refractivity contribution is -0.110. The van der Waals surface area contributed by atoms with E-state index in [-0.39, 0.29) is 17.7 Å². The molecule has 1 saturated heterocycles. The highest BCUT2D eigenvalue weighted by Gasteiger charge is 2.20. The Labute approximate surface area is 135 Å². The van der Waals surface area contributed by atoms with Gasteiger partial charge in [-0.05, 0) is 30.2 Å². The molecule has 1 aliphatic rings. The smallest absolute Gasteiger partial charge is 0.254 e. The minimum absolute atomic E-state index is 0.0265. The molecular formula is C17H22N2O4. The van der Waals surface area contributed by atoms with Gasteiger partial charge in [0.25, 0.3) is 11.8 Å². The SMILES string of the molecule is CC(C)[C@@H](C=O)NC(=O)c1ccc(C(=O)N2CCOCC2)cc1. The summed E-state index contributed by atoms with van der Waals surface area (Å²) in [5.74, 6) is -0.354. The first-order chi connectivity index (χ1) is 11.0. The normalized spacial score (nSPS) is 16.0. The number of hydrogen-bond donors (Lipinski definition) is 1. The van der Waals surface area contributed by atoms with Crippen molar-refractivity contribution in [2.45, 2.75) is 19.9 Å². The van der Waals surface area contributed by atoms with Gasteiger partial charge in [-0.25, -0.2) is 0 Å². The Morgan fingerprint density at radius 1 is 1.13 bits per heavy atom. The van der Waals surface area contributed by atoms with Gasteiger partial charge < -0.3 is 19.7 Å². The first-order valence-electron chi connectivity index (χ1n) is 7.76. The topological polar surface area (TPSA) is 75.7 Å². The maximum Gasteiger partial charge on any atom is 0.254 e. The van der Waals surface area contributed by atoms with Crippen LogP contribution < -0.4 is 5.32 Å². The molecule has 0 spiro atoms. The quantitative estimate of drug-likeness (QED) is 0.825. The molecule has 2 amide bonds. The van der Waals surface area contributed by atoms with Gasteiger partial charge in [-0.1, -0.05) is 13.8 Å². The fraction of sp³-hybridized carbons (Fsp3) is 0.471. The van der Waals surface area contributed by atoms with Gasteiger partial charge in [0.1, 0.15) is 6.29 Å². The zero-order valence-electron chi connectivity index (χ0n) is 13.5. The van der Waals surface area contributed by atoms with E-state index in [0.717, 1.165) is 6.29 Å². The summed E-state index contributed by atoms with van der Waals surface area (Å²) in [5, 5.41) is 2.68. The zero-order valence-corrected chi connectivity index (χ0v) is 13.5. The molecule has 0 saturated carbocycles. The molecule has 6 heteroatoms. The third kappa shape index (κ3) is 4.39. The molecule has 6 nitrogen and oxygen atoms in total. The molecule has 1 heterocycles. The number of morpholine rings is 1. The van der Waals surface area contributed by atoms with E-state index in [1.165, 1.54) is 0 Å². The monoisotopic (exact) mass is 318 g/mol. The highest BCUT2D eigenvalue weighted by atomic mass is 16.5. The van der Waals surface area contributed by atoms with Gasteiger partial charge in [0.05, 0.1) is 19.3 Å². The van der Waals surface area contributed by atoms with E-state index in [9.17, 15) is 14.4 Å². The Hall–Kier alpha value is -2.21. The van der Waals surface area contributed by atoms with Gasteiger partial charge in [-0.3, -0.25) is 9.59 Å². The second-order valence-electron chi connectivity index (χ2n) is 5.86. The first kappa shape index (κ1) is 17.1. The van der Waals surface area contributed by atoms with Gasteiger partial charge in [0.2, 0.25) is 0 Å². The van der Waals surface area contributed by atoms with Crippen LogP contribution in [0.4, 0.5) is 0 Å². The fourth-order valence-electron chi connectivity index (χ4n) is 2.31. The molecule has 1 N–H and O–H groups in total. The number of carbonyl (C=O) groups is 3. The highest BCUT2D eigenvalue weighted by Crippen LogP contribution is 2.10. The Bertz CT molecular complexity index is 562. The molecule has 0 aromatic heterocycles. The average Bonchev–Trinajstić information content (AvgIpc) is 2.59. The number of benzene rings is 1.